The van der Waals surface area contributed by atoms with Crippen molar-refractivity contribution in [1.82, 2.24) is 9.97 Å². The smallest absolute Gasteiger partial charge is 0.335 e. The van der Waals surface area contributed by atoms with Crippen LogP contribution in [0.5, 0.6) is 0 Å². The summed E-state index contributed by atoms with van der Waals surface area (Å²) in [6.07, 6.45) is 4.44. The van der Waals surface area contributed by atoms with Crippen LogP contribution in [0.25, 0.3) is 0 Å². The SMILES string of the molecule is CC[C@H]1CCCCN1c1nc(C(=O)Nc2ccc(C(=O)O)cc2)cc(C(C)C)n1. The normalized spacial score (nSPS) is 16.7. The summed E-state index contributed by atoms with van der Waals surface area (Å²) in [4.78, 5) is 35.4. The van der Waals surface area contributed by atoms with Crippen LogP contribution in [0.2, 0.25) is 0 Å². The number of anilines is 2. The molecule has 2 N–H and O–H groups in total. The molecule has 0 radical (unpaired) electrons. The molecule has 1 aromatic carbocycles. The van der Waals surface area contributed by atoms with Crippen molar-refractivity contribution >= 4 is 23.5 Å². The predicted octanol–water partition coefficient (Wildman–Crippen LogP) is 4.32. The first kappa shape index (κ1) is 20.8. The van der Waals surface area contributed by atoms with Gasteiger partial charge in [0, 0.05) is 24.0 Å². The number of carbonyl (C=O) groups excluding carboxylic acids is 1. The van der Waals surface area contributed by atoms with Crippen molar-refractivity contribution in [3.63, 3.8) is 0 Å². The van der Waals surface area contributed by atoms with Crippen molar-refractivity contribution in [3.8, 4) is 0 Å². The standard InChI is InChI=1S/C22H28N4O3/c1-4-17-7-5-6-12-26(17)22-24-18(14(2)3)13-19(25-22)20(27)23-16-10-8-15(9-11-16)21(28)29/h8-11,13-14,17H,4-7,12H2,1-3H3,(H,23,27)(H,28,29)/t17-/m0/s1. The van der Waals surface area contributed by atoms with Crippen LogP contribution in [0, 0.1) is 0 Å². The minimum atomic E-state index is -1.00. The molecular formula is C22H28N4O3. The molecule has 154 valence electrons. The van der Waals surface area contributed by atoms with Gasteiger partial charge in [-0.1, -0.05) is 20.8 Å². The molecule has 1 saturated heterocycles. The maximum atomic E-state index is 12.9. The van der Waals surface area contributed by atoms with Crippen LogP contribution < -0.4 is 10.2 Å². The molecule has 0 unspecified atom stereocenters. The summed E-state index contributed by atoms with van der Waals surface area (Å²) in [5, 5.41) is 11.8. The lowest BCUT2D eigenvalue weighted by atomic mass is 10.0. The molecule has 1 amide bonds. The number of amides is 1. The van der Waals surface area contributed by atoms with Gasteiger partial charge in [-0.05, 0) is 61.9 Å². The molecule has 1 atom stereocenters. The lowest BCUT2D eigenvalue weighted by Gasteiger charge is -2.35. The predicted molar refractivity (Wildman–Crippen MR) is 113 cm³/mol. The quantitative estimate of drug-likeness (QED) is 0.755. The van der Waals surface area contributed by atoms with Crippen LogP contribution in [0.1, 0.15) is 78.9 Å². The van der Waals surface area contributed by atoms with Crippen LogP contribution in [-0.2, 0) is 0 Å². The molecule has 1 aliphatic rings. The van der Waals surface area contributed by atoms with Crippen molar-refractivity contribution in [2.24, 2.45) is 0 Å². The first-order chi connectivity index (χ1) is 13.9. The second-order valence-electron chi connectivity index (χ2n) is 7.72. The Hall–Kier alpha value is -2.96. The zero-order valence-corrected chi connectivity index (χ0v) is 17.2. The van der Waals surface area contributed by atoms with Crippen LogP contribution in [0.15, 0.2) is 30.3 Å². The zero-order chi connectivity index (χ0) is 21.0. The van der Waals surface area contributed by atoms with Gasteiger partial charge >= 0.3 is 5.97 Å². The van der Waals surface area contributed by atoms with E-state index in [-0.39, 0.29) is 17.4 Å². The van der Waals surface area contributed by atoms with E-state index in [1.54, 1.807) is 18.2 Å². The second kappa shape index (κ2) is 9.03. The van der Waals surface area contributed by atoms with Crippen molar-refractivity contribution in [2.75, 3.05) is 16.8 Å². The molecule has 3 rings (SSSR count). The number of benzene rings is 1. The largest absolute Gasteiger partial charge is 0.478 e. The summed E-state index contributed by atoms with van der Waals surface area (Å²) in [5.41, 5.74) is 1.85. The molecule has 0 saturated carbocycles. The summed E-state index contributed by atoms with van der Waals surface area (Å²) < 4.78 is 0. The van der Waals surface area contributed by atoms with Crippen molar-refractivity contribution < 1.29 is 14.7 Å². The number of nitrogens with one attached hydrogen (secondary N) is 1. The molecule has 0 spiro atoms. The topological polar surface area (TPSA) is 95.4 Å². The highest BCUT2D eigenvalue weighted by atomic mass is 16.4. The van der Waals surface area contributed by atoms with Gasteiger partial charge in [0.25, 0.3) is 5.91 Å². The summed E-state index contributed by atoms with van der Waals surface area (Å²) >= 11 is 0. The molecule has 7 heteroatoms. The van der Waals surface area contributed by atoms with Crippen molar-refractivity contribution in [1.29, 1.82) is 0 Å². The maximum Gasteiger partial charge on any atom is 0.335 e. The Morgan fingerprint density at radius 2 is 1.93 bits per heavy atom. The van der Waals surface area contributed by atoms with E-state index < -0.39 is 5.97 Å². The van der Waals surface area contributed by atoms with Crippen LogP contribution in [-0.4, -0.2) is 39.5 Å². The third kappa shape index (κ3) is 4.91. The summed E-state index contributed by atoms with van der Waals surface area (Å²) in [7, 11) is 0. The van der Waals surface area contributed by atoms with Crippen LogP contribution in [0.4, 0.5) is 11.6 Å². The third-order valence-corrected chi connectivity index (χ3v) is 5.30. The van der Waals surface area contributed by atoms with Crippen molar-refractivity contribution in [3.05, 3.63) is 47.3 Å². The van der Waals surface area contributed by atoms with Crippen LogP contribution in [0.3, 0.4) is 0 Å². The van der Waals surface area contributed by atoms with Crippen molar-refractivity contribution in [2.45, 2.75) is 58.4 Å². The molecule has 0 bridgehead atoms. The molecule has 2 heterocycles. The Morgan fingerprint density at radius 3 is 2.55 bits per heavy atom. The van der Waals surface area contributed by atoms with Gasteiger partial charge in [0.1, 0.15) is 5.69 Å². The maximum absolute atomic E-state index is 12.9. The van der Waals surface area contributed by atoms with E-state index in [0.717, 1.165) is 31.5 Å². The molecule has 1 fully saturated rings. The van der Waals surface area contributed by atoms with Gasteiger partial charge in [-0.3, -0.25) is 4.79 Å². The average molecular weight is 396 g/mol. The van der Waals surface area contributed by atoms with Crippen LogP contribution >= 0.6 is 0 Å². The van der Waals surface area contributed by atoms with Gasteiger partial charge < -0.3 is 15.3 Å². The minimum absolute atomic E-state index is 0.169. The number of aromatic carboxylic acids is 1. The first-order valence-electron chi connectivity index (χ1n) is 10.2. The molecule has 0 aliphatic carbocycles. The van der Waals surface area contributed by atoms with E-state index in [1.165, 1.54) is 18.6 Å². The Kier molecular flexibility index (Phi) is 6.46. The van der Waals surface area contributed by atoms with E-state index in [4.69, 9.17) is 10.1 Å². The van der Waals surface area contributed by atoms with E-state index in [2.05, 4.69) is 22.1 Å². The monoisotopic (exact) mass is 396 g/mol. The molecular weight excluding hydrogens is 368 g/mol. The fourth-order valence-electron chi connectivity index (χ4n) is 3.57. The Labute approximate surface area is 171 Å². The zero-order valence-electron chi connectivity index (χ0n) is 17.2. The number of aromatic nitrogens is 2. The van der Waals surface area contributed by atoms with E-state index in [9.17, 15) is 9.59 Å². The molecule has 29 heavy (non-hydrogen) atoms. The van der Waals surface area contributed by atoms with E-state index >= 15 is 0 Å². The summed E-state index contributed by atoms with van der Waals surface area (Å²) in [6, 6.07) is 8.20. The average Bonchev–Trinajstić information content (AvgIpc) is 2.73. The number of nitrogens with zero attached hydrogens (tertiary/aromatic N) is 3. The molecule has 1 aromatic heterocycles. The number of rotatable bonds is 6. The fourth-order valence-corrected chi connectivity index (χ4v) is 3.57. The highest BCUT2D eigenvalue weighted by Crippen LogP contribution is 2.26. The molecule has 2 aromatic rings. The Balaban J connectivity index is 1.88. The number of carboxylic acids is 1. The first-order valence-corrected chi connectivity index (χ1v) is 10.2. The van der Waals surface area contributed by atoms with Gasteiger partial charge in [0.2, 0.25) is 5.95 Å². The van der Waals surface area contributed by atoms with Gasteiger partial charge in [0.05, 0.1) is 5.56 Å². The highest BCUT2D eigenvalue weighted by molar-refractivity contribution is 6.03. The summed E-state index contributed by atoms with van der Waals surface area (Å²) in [6.45, 7) is 7.17. The molecule has 1 aliphatic heterocycles. The van der Waals surface area contributed by atoms with Gasteiger partial charge in [0.15, 0.2) is 0 Å². The van der Waals surface area contributed by atoms with Gasteiger partial charge in [-0.15, -0.1) is 0 Å². The highest BCUT2D eigenvalue weighted by Gasteiger charge is 2.25. The minimum Gasteiger partial charge on any atom is -0.478 e. The summed E-state index contributed by atoms with van der Waals surface area (Å²) in [5.74, 6) is -0.544. The fraction of sp³-hybridized carbons (Fsp3) is 0.455. The Morgan fingerprint density at radius 1 is 1.21 bits per heavy atom. The molecule has 7 nitrogen and oxygen atoms in total. The third-order valence-electron chi connectivity index (χ3n) is 5.30. The van der Waals surface area contributed by atoms with Gasteiger partial charge in [-0.25, -0.2) is 14.8 Å². The van der Waals surface area contributed by atoms with E-state index in [0.29, 0.717) is 23.4 Å². The van der Waals surface area contributed by atoms with Gasteiger partial charge in [-0.2, -0.15) is 0 Å². The number of carbonyl (C=O) groups is 2. The number of piperidine rings is 1. The lowest BCUT2D eigenvalue weighted by molar-refractivity contribution is 0.0696. The second-order valence-corrected chi connectivity index (χ2v) is 7.72. The number of hydrogen-bond acceptors (Lipinski definition) is 5. The Bertz CT molecular complexity index is 880. The number of carboxylic acid groups (broad SMARTS) is 1. The number of hydrogen-bond donors (Lipinski definition) is 2. The van der Waals surface area contributed by atoms with E-state index in [1.807, 2.05) is 13.8 Å². The lowest BCUT2D eigenvalue weighted by Crippen LogP contribution is -2.40.